The lowest BCUT2D eigenvalue weighted by atomic mass is 9.70. The maximum absolute atomic E-state index is 6.66. The molecule has 3 nitrogen and oxygen atoms in total. The molecular weight excluding hydrogens is 222 g/mol. The van der Waals surface area contributed by atoms with Crippen LogP contribution in [0.3, 0.4) is 0 Å². The van der Waals surface area contributed by atoms with Crippen LogP contribution in [0.5, 0.6) is 0 Å². The second-order valence-electron chi connectivity index (χ2n) is 6.49. The minimum atomic E-state index is -0.0313. The van der Waals surface area contributed by atoms with Crippen molar-refractivity contribution in [3.8, 4) is 0 Å². The van der Waals surface area contributed by atoms with Crippen molar-refractivity contribution in [2.45, 2.75) is 65.5 Å². The van der Waals surface area contributed by atoms with Gasteiger partial charge in [-0.2, -0.15) is 5.10 Å². The van der Waals surface area contributed by atoms with Crippen molar-refractivity contribution >= 4 is 0 Å². The Morgan fingerprint density at radius 2 is 2.00 bits per heavy atom. The summed E-state index contributed by atoms with van der Waals surface area (Å²) in [5.74, 6) is 1.50. The molecule has 102 valence electrons. The van der Waals surface area contributed by atoms with E-state index < -0.39 is 0 Å². The van der Waals surface area contributed by atoms with Crippen LogP contribution in [0.4, 0.5) is 0 Å². The molecule has 0 amide bonds. The second kappa shape index (κ2) is 5.04. The van der Waals surface area contributed by atoms with Crippen molar-refractivity contribution in [2.24, 2.45) is 17.6 Å². The summed E-state index contributed by atoms with van der Waals surface area (Å²) in [5.41, 5.74) is 9.04. The van der Waals surface area contributed by atoms with Gasteiger partial charge in [0.1, 0.15) is 0 Å². The fourth-order valence-electron chi connectivity index (χ4n) is 3.85. The van der Waals surface area contributed by atoms with Crippen LogP contribution in [0.25, 0.3) is 0 Å². The Hall–Kier alpha value is -0.830. The highest BCUT2D eigenvalue weighted by atomic mass is 15.3. The highest BCUT2D eigenvalue weighted by Crippen LogP contribution is 2.36. The number of aromatic nitrogens is 2. The lowest BCUT2D eigenvalue weighted by Gasteiger charge is -2.40. The molecule has 2 N–H and O–H groups in total. The molecule has 0 aliphatic heterocycles. The average molecular weight is 249 g/mol. The zero-order valence-electron chi connectivity index (χ0n) is 12.2. The van der Waals surface area contributed by atoms with Crippen molar-refractivity contribution in [3.05, 3.63) is 17.5 Å². The largest absolute Gasteiger partial charge is 0.325 e. The van der Waals surface area contributed by atoms with Gasteiger partial charge in [0.2, 0.25) is 0 Å². The van der Waals surface area contributed by atoms with E-state index in [1.54, 1.807) is 0 Å². The molecular formula is C15H27N3. The molecule has 0 radical (unpaired) electrons. The summed E-state index contributed by atoms with van der Waals surface area (Å²) in [4.78, 5) is 0. The minimum absolute atomic E-state index is 0.0313. The SMILES string of the molecule is CCn1nc(C)cc1CC1(N)CC(C)CC(C)C1. The summed E-state index contributed by atoms with van der Waals surface area (Å²) < 4.78 is 2.11. The van der Waals surface area contributed by atoms with E-state index in [0.717, 1.165) is 43.3 Å². The van der Waals surface area contributed by atoms with Gasteiger partial charge in [0, 0.05) is 24.2 Å². The van der Waals surface area contributed by atoms with Crippen molar-refractivity contribution in [1.29, 1.82) is 0 Å². The van der Waals surface area contributed by atoms with Crippen molar-refractivity contribution in [2.75, 3.05) is 0 Å². The molecule has 2 rings (SSSR count). The Labute approximate surface area is 111 Å². The Morgan fingerprint density at radius 1 is 1.39 bits per heavy atom. The Balaban J connectivity index is 2.16. The fraction of sp³-hybridized carbons (Fsp3) is 0.800. The summed E-state index contributed by atoms with van der Waals surface area (Å²) in [7, 11) is 0. The van der Waals surface area contributed by atoms with Crippen molar-refractivity contribution in [3.63, 3.8) is 0 Å². The number of hydrogen-bond donors (Lipinski definition) is 1. The van der Waals surface area contributed by atoms with Crippen LogP contribution in [-0.4, -0.2) is 15.3 Å². The van der Waals surface area contributed by atoms with Gasteiger partial charge in [-0.25, -0.2) is 0 Å². The summed E-state index contributed by atoms with van der Waals surface area (Å²) >= 11 is 0. The molecule has 0 saturated heterocycles. The standard InChI is InChI=1S/C15H27N3/c1-5-18-14(7-13(4)17-18)10-15(16)8-11(2)6-12(3)9-15/h7,11-12H,5-6,8-10,16H2,1-4H3. The number of hydrogen-bond acceptors (Lipinski definition) is 2. The summed E-state index contributed by atoms with van der Waals surface area (Å²) in [6.45, 7) is 9.81. The van der Waals surface area contributed by atoms with E-state index in [1.165, 1.54) is 12.1 Å². The van der Waals surface area contributed by atoms with E-state index in [9.17, 15) is 0 Å². The first-order valence-electron chi connectivity index (χ1n) is 7.24. The molecule has 0 spiro atoms. The molecule has 0 bridgehead atoms. The second-order valence-corrected chi connectivity index (χ2v) is 6.49. The van der Waals surface area contributed by atoms with Gasteiger partial charge in [-0.1, -0.05) is 13.8 Å². The number of nitrogens with two attached hydrogens (primary N) is 1. The number of aryl methyl sites for hydroxylation is 2. The van der Waals surface area contributed by atoms with Gasteiger partial charge < -0.3 is 5.73 Å². The average Bonchev–Trinajstić information content (AvgIpc) is 2.55. The predicted molar refractivity (Wildman–Crippen MR) is 75.4 cm³/mol. The van der Waals surface area contributed by atoms with E-state index in [2.05, 4.69) is 43.5 Å². The minimum Gasteiger partial charge on any atom is -0.325 e. The molecule has 1 saturated carbocycles. The predicted octanol–water partition coefficient (Wildman–Crippen LogP) is 2.91. The van der Waals surface area contributed by atoms with Crippen LogP contribution < -0.4 is 5.73 Å². The van der Waals surface area contributed by atoms with Crippen LogP contribution in [0.1, 0.15) is 51.4 Å². The third-order valence-corrected chi connectivity index (χ3v) is 4.13. The maximum atomic E-state index is 6.66. The van der Waals surface area contributed by atoms with Crippen LogP contribution in [0, 0.1) is 18.8 Å². The smallest absolute Gasteiger partial charge is 0.0596 e. The van der Waals surface area contributed by atoms with Gasteiger partial charge in [-0.05, 0) is 51.0 Å². The van der Waals surface area contributed by atoms with E-state index in [4.69, 9.17) is 5.73 Å². The molecule has 2 unspecified atom stereocenters. The maximum Gasteiger partial charge on any atom is 0.0596 e. The van der Waals surface area contributed by atoms with Gasteiger partial charge in [0.05, 0.1) is 5.69 Å². The van der Waals surface area contributed by atoms with Crippen molar-refractivity contribution < 1.29 is 0 Å². The molecule has 1 fully saturated rings. The molecule has 1 aliphatic rings. The molecule has 3 heteroatoms. The molecule has 1 aliphatic carbocycles. The highest BCUT2D eigenvalue weighted by Gasteiger charge is 2.35. The first kappa shape index (κ1) is 13.6. The van der Waals surface area contributed by atoms with Gasteiger partial charge in [-0.3, -0.25) is 4.68 Å². The van der Waals surface area contributed by atoms with Gasteiger partial charge in [-0.15, -0.1) is 0 Å². The van der Waals surface area contributed by atoms with Crippen LogP contribution in [0.2, 0.25) is 0 Å². The van der Waals surface area contributed by atoms with E-state index in [-0.39, 0.29) is 5.54 Å². The quantitative estimate of drug-likeness (QED) is 0.895. The molecule has 1 aromatic rings. The van der Waals surface area contributed by atoms with Crippen molar-refractivity contribution in [1.82, 2.24) is 9.78 Å². The van der Waals surface area contributed by atoms with Gasteiger partial charge in [0.25, 0.3) is 0 Å². The third-order valence-electron chi connectivity index (χ3n) is 4.13. The molecule has 2 atom stereocenters. The fourth-order valence-corrected chi connectivity index (χ4v) is 3.85. The monoisotopic (exact) mass is 249 g/mol. The highest BCUT2D eigenvalue weighted by molar-refractivity contribution is 5.13. The summed E-state index contributed by atoms with van der Waals surface area (Å²) in [5, 5.41) is 4.52. The molecule has 18 heavy (non-hydrogen) atoms. The summed E-state index contributed by atoms with van der Waals surface area (Å²) in [6.07, 6.45) is 4.58. The number of nitrogens with zero attached hydrogens (tertiary/aromatic N) is 2. The molecule has 1 heterocycles. The molecule has 1 aromatic heterocycles. The Kier molecular flexibility index (Phi) is 3.81. The van der Waals surface area contributed by atoms with E-state index in [1.807, 2.05) is 0 Å². The van der Waals surface area contributed by atoms with E-state index >= 15 is 0 Å². The molecule has 0 aromatic carbocycles. The third kappa shape index (κ3) is 2.94. The first-order valence-corrected chi connectivity index (χ1v) is 7.24. The Morgan fingerprint density at radius 3 is 2.56 bits per heavy atom. The normalized spacial score (nSPS) is 32.7. The lowest BCUT2D eigenvalue weighted by Crippen LogP contribution is -2.48. The van der Waals surface area contributed by atoms with Gasteiger partial charge >= 0.3 is 0 Å². The Bertz CT molecular complexity index is 398. The van der Waals surface area contributed by atoms with E-state index in [0.29, 0.717) is 0 Å². The zero-order chi connectivity index (χ0) is 13.3. The first-order chi connectivity index (χ1) is 8.42. The van der Waals surface area contributed by atoms with Crippen LogP contribution in [-0.2, 0) is 13.0 Å². The van der Waals surface area contributed by atoms with Crippen LogP contribution in [0.15, 0.2) is 6.07 Å². The van der Waals surface area contributed by atoms with Crippen LogP contribution >= 0.6 is 0 Å². The lowest BCUT2D eigenvalue weighted by molar-refractivity contribution is 0.180. The summed E-state index contributed by atoms with van der Waals surface area (Å²) in [6, 6.07) is 2.20. The van der Waals surface area contributed by atoms with Gasteiger partial charge in [0.15, 0.2) is 0 Å². The number of rotatable bonds is 3. The topological polar surface area (TPSA) is 43.8 Å². The zero-order valence-corrected chi connectivity index (χ0v) is 12.2.